The second-order valence-corrected chi connectivity index (χ2v) is 6.30. The van der Waals surface area contributed by atoms with E-state index in [1.54, 1.807) is 11.3 Å². The fourth-order valence-electron chi connectivity index (χ4n) is 2.64. The van der Waals surface area contributed by atoms with Crippen LogP contribution in [0.5, 0.6) is 5.75 Å². The van der Waals surface area contributed by atoms with Crippen LogP contribution in [0.3, 0.4) is 0 Å². The molecule has 21 heavy (non-hydrogen) atoms. The summed E-state index contributed by atoms with van der Waals surface area (Å²) < 4.78 is 5.96. The summed E-state index contributed by atoms with van der Waals surface area (Å²) in [5.74, 6) is 7.84. The Morgan fingerprint density at radius 2 is 2.19 bits per heavy atom. The molecular weight excluding hydrogens is 284 g/mol. The fraction of sp³-hybridized carbons (Fsp3) is 0.200. The third kappa shape index (κ3) is 2.03. The van der Waals surface area contributed by atoms with Crippen LogP contribution >= 0.6 is 11.3 Å². The summed E-state index contributed by atoms with van der Waals surface area (Å²) in [7, 11) is 0. The number of hydrazine groups is 1. The number of nitrogens with two attached hydrogens (primary N) is 1. The van der Waals surface area contributed by atoms with Crippen molar-refractivity contribution in [3.8, 4) is 5.75 Å². The molecule has 1 atom stereocenters. The largest absolute Gasteiger partial charge is 0.482 e. The molecule has 0 spiro atoms. The highest BCUT2D eigenvalue weighted by Gasteiger charge is 2.27. The van der Waals surface area contributed by atoms with E-state index in [-0.39, 0.29) is 6.10 Å². The molecule has 0 fully saturated rings. The number of benzene rings is 1. The lowest BCUT2D eigenvalue weighted by Gasteiger charge is -2.11. The predicted molar refractivity (Wildman–Crippen MR) is 83.5 cm³/mol. The number of aryl methyl sites for hydroxylation is 1. The maximum atomic E-state index is 5.96. The first-order valence-electron chi connectivity index (χ1n) is 6.74. The van der Waals surface area contributed by atoms with Gasteiger partial charge in [0, 0.05) is 11.3 Å². The minimum atomic E-state index is -0.152. The molecule has 5 nitrogen and oxygen atoms in total. The van der Waals surface area contributed by atoms with Crippen molar-refractivity contribution in [2.24, 2.45) is 5.84 Å². The van der Waals surface area contributed by atoms with Gasteiger partial charge in [-0.05, 0) is 24.6 Å². The Labute approximate surface area is 125 Å². The Kier molecular flexibility index (Phi) is 2.80. The van der Waals surface area contributed by atoms with Crippen molar-refractivity contribution in [3.63, 3.8) is 0 Å². The highest BCUT2D eigenvalue weighted by molar-refractivity contribution is 7.18. The summed E-state index contributed by atoms with van der Waals surface area (Å²) in [6.45, 7) is 2.05. The number of thiophene rings is 1. The number of anilines is 1. The Morgan fingerprint density at radius 3 is 3.00 bits per heavy atom. The zero-order valence-electron chi connectivity index (χ0n) is 11.5. The van der Waals surface area contributed by atoms with Crippen molar-refractivity contribution in [1.82, 2.24) is 9.97 Å². The van der Waals surface area contributed by atoms with E-state index in [4.69, 9.17) is 10.6 Å². The van der Waals surface area contributed by atoms with Crippen LogP contribution in [0.2, 0.25) is 0 Å². The molecule has 0 saturated carbocycles. The number of hydrogen-bond donors (Lipinski definition) is 2. The van der Waals surface area contributed by atoms with E-state index < -0.39 is 0 Å². The zero-order chi connectivity index (χ0) is 14.4. The second-order valence-electron chi connectivity index (χ2n) is 5.07. The lowest BCUT2D eigenvalue weighted by molar-refractivity contribution is 0.228. The monoisotopic (exact) mass is 298 g/mol. The molecular formula is C15H14N4OS. The standard InChI is InChI=1S/C15H14N4OS/c1-8-6-10-13(19-16)17-14(18-15(10)21-8)12-7-9-4-2-3-5-11(9)20-12/h2-6,12H,7,16H2,1H3,(H,17,18,19). The summed E-state index contributed by atoms with van der Waals surface area (Å²) in [5, 5.41) is 0.958. The Morgan fingerprint density at radius 1 is 1.33 bits per heavy atom. The number of ether oxygens (including phenoxy) is 1. The van der Waals surface area contributed by atoms with Gasteiger partial charge < -0.3 is 10.2 Å². The minimum absolute atomic E-state index is 0.152. The molecule has 3 aromatic rings. The molecule has 1 aliphatic heterocycles. The molecule has 2 aromatic heterocycles. The van der Waals surface area contributed by atoms with Gasteiger partial charge in [0.05, 0.1) is 5.39 Å². The molecule has 0 aliphatic carbocycles. The van der Waals surface area contributed by atoms with Gasteiger partial charge in [-0.15, -0.1) is 11.3 Å². The maximum Gasteiger partial charge on any atom is 0.173 e. The number of nitrogens with zero attached hydrogens (tertiary/aromatic N) is 2. The molecule has 0 amide bonds. The SMILES string of the molecule is Cc1cc2c(NN)nc(C3Cc4ccccc4O3)nc2s1. The van der Waals surface area contributed by atoms with Crippen LogP contribution in [-0.2, 0) is 6.42 Å². The first kappa shape index (κ1) is 12.6. The molecule has 4 rings (SSSR count). The Hall–Kier alpha value is -2.18. The van der Waals surface area contributed by atoms with E-state index in [0.29, 0.717) is 11.6 Å². The van der Waals surface area contributed by atoms with Gasteiger partial charge in [-0.2, -0.15) is 0 Å². The average Bonchev–Trinajstić information content (AvgIpc) is 3.07. The second kappa shape index (κ2) is 4.68. The summed E-state index contributed by atoms with van der Waals surface area (Å²) >= 11 is 1.64. The van der Waals surface area contributed by atoms with Crippen LogP contribution in [0, 0.1) is 6.92 Å². The normalized spacial score (nSPS) is 16.8. The number of hydrogen-bond acceptors (Lipinski definition) is 6. The molecule has 0 radical (unpaired) electrons. The van der Waals surface area contributed by atoms with Gasteiger partial charge in [0.1, 0.15) is 10.6 Å². The van der Waals surface area contributed by atoms with Crippen LogP contribution in [-0.4, -0.2) is 9.97 Å². The lowest BCUT2D eigenvalue weighted by Crippen LogP contribution is -2.14. The number of fused-ring (bicyclic) bond motifs is 2. The van der Waals surface area contributed by atoms with E-state index >= 15 is 0 Å². The highest BCUT2D eigenvalue weighted by atomic mass is 32.1. The molecule has 0 saturated heterocycles. The van der Waals surface area contributed by atoms with Gasteiger partial charge >= 0.3 is 0 Å². The van der Waals surface area contributed by atoms with Crippen LogP contribution in [0.25, 0.3) is 10.2 Å². The smallest absolute Gasteiger partial charge is 0.173 e. The van der Waals surface area contributed by atoms with Crippen LogP contribution < -0.4 is 16.0 Å². The average molecular weight is 298 g/mol. The predicted octanol–water partition coefficient (Wildman–Crippen LogP) is 2.96. The number of rotatable bonds is 2. The van der Waals surface area contributed by atoms with Crippen molar-refractivity contribution in [1.29, 1.82) is 0 Å². The van der Waals surface area contributed by atoms with Crippen molar-refractivity contribution in [3.05, 3.63) is 46.6 Å². The van der Waals surface area contributed by atoms with Gasteiger partial charge in [0.15, 0.2) is 17.7 Å². The number of nitrogen functional groups attached to an aromatic ring is 1. The summed E-state index contributed by atoms with van der Waals surface area (Å²) in [4.78, 5) is 11.3. The van der Waals surface area contributed by atoms with Crippen molar-refractivity contribution in [2.75, 3.05) is 5.43 Å². The van der Waals surface area contributed by atoms with Gasteiger partial charge in [-0.3, -0.25) is 0 Å². The molecule has 1 unspecified atom stereocenters. The summed E-state index contributed by atoms with van der Waals surface area (Å²) in [6, 6.07) is 10.1. The fourth-order valence-corrected chi connectivity index (χ4v) is 3.53. The minimum Gasteiger partial charge on any atom is -0.482 e. The molecule has 3 N–H and O–H groups in total. The van der Waals surface area contributed by atoms with E-state index in [2.05, 4.69) is 21.5 Å². The lowest BCUT2D eigenvalue weighted by atomic mass is 10.1. The highest BCUT2D eigenvalue weighted by Crippen LogP contribution is 2.37. The maximum absolute atomic E-state index is 5.96. The molecule has 0 bridgehead atoms. The van der Waals surface area contributed by atoms with E-state index in [1.807, 2.05) is 31.2 Å². The van der Waals surface area contributed by atoms with Crippen molar-refractivity contribution in [2.45, 2.75) is 19.4 Å². The van der Waals surface area contributed by atoms with Crippen molar-refractivity contribution >= 4 is 27.4 Å². The first-order chi connectivity index (χ1) is 10.2. The summed E-state index contributed by atoms with van der Waals surface area (Å²) in [5.41, 5.74) is 3.86. The van der Waals surface area contributed by atoms with Crippen LogP contribution in [0.1, 0.15) is 22.4 Å². The molecule has 3 heterocycles. The number of para-hydroxylation sites is 1. The Balaban J connectivity index is 1.78. The first-order valence-corrected chi connectivity index (χ1v) is 7.55. The van der Waals surface area contributed by atoms with E-state index in [9.17, 15) is 0 Å². The van der Waals surface area contributed by atoms with E-state index in [0.717, 1.165) is 22.4 Å². The third-order valence-corrected chi connectivity index (χ3v) is 4.55. The summed E-state index contributed by atoms with van der Waals surface area (Å²) in [6.07, 6.45) is 0.636. The molecule has 106 valence electrons. The van der Waals surface area contributed by atoms with Crippen LogP contribution in [0.4, 0.5) is 5.82 Å². The number of nitrogens with one attached hydrogen (secondary N) is 1. The molecule has 6 heteroatoms. The van der Waals surface area contributed by atoms with Gasteiger partial charge in [0.25, 0.3) is 0 Å². The quantitative estimate of drug-likeness (QED) is 0.562. The molecule has 1 aliphatic rings. The van der Waals surface area contributed by atoms with E-state index in [1.165, 1.54) is 10.4 Å². The van der Waals surface area contributed by atoms with Crippen LogP contribution in [0.15, 0.2) is 30.3 Å². The van der Waals surface area contributed by atoms with Gasteiger partial charge in [-0.25, -0.2) is 15.8 Å². The van der Waals surface area contributed by atoms with Gasteiger partial charge in [0.2, 0.25) is 0 Å². The topological polar surface area (TPSA) is 73.1 Å². The molecule has 1 aromatic carbocycles. The number of aromatic nitrogens is 2. The zero-order valence-corrected chi connectivity index (χ0v) is 12.3. The Bertz CT molecular complexity index is 805. The van der Waals surface area contributed by atoms with Gasteiger partial charge in [-0.1, -0.05) is 18.2 Å². The van der Waals surface area contributed by atoms with Crippen molar-refractivity contribution < 1.29 is 4.74 Å². The third-order valence-electron chi connectivity index (χ3n) is 3.61.